The fraction of sp³-hybridized carbons (Fsp3) is 0.368. The first kappa shape index (κ1) is 17.4. The van der Waals surface area contributed by atoms with E-state index >= 15 is 0 Å². The van der Waals surface area contributed by atoms with Gasteiger partial charge in [-0.3, -0.25) is 9.69 Å². The van der Waals surface area contributed by atoms with Crippen LogP contribution in [0.1, 0.15) is 12.0 Å². The Morgan fingerprint density at radius 1 is 1.25 bits per heavy atom. The first-order valence-corrected chi connectivity index (χ1v) is 10.0. The molecule has 2 aromatic rings. The highest BCUT2D eigenvalue weighted by molar-refractivity contribution is 9.11. The number of carbonyl (C=O) groups is 2. The van der Waals surface area contributed by atoms with Crippen LogP contribution in [0.25, 0.3) is 11.0 Å². The van der Waals surface area contributed by atoms with Gasteiger partial charge in [0.15, 0.2) is 0 Å². The number of hydrogen-bond donors (Lipinski definition) is 1. The summed E-state index contributed by atoms with van der Waals surface area (Å²) in [5.41, 5.74) is 1.84. The Bertz CT molecular complexity index is 1040. The zero-order valence-electron chi connectivity index (χ0n) is 15.3. The number of imide groups is 1. The van der Waals surface area contributed by atoms with Crippen LogP contribution in [0.2, 0.25) is 0 Å². The van der Waals surface area contributed by atoms with Crippen molar-refractivity contribution in [3.05, 3.63) is 40.8 Å². The van der Waals surface area contributed by atoms with Crippen LogP contribution in [0.4, 0.5) is 10.6 Å². The summed E-state index contributed by atoms with van der Waals surface area (Å²) in [6, 6.07) is -0.920. The van der Waals surface area contributed by atoms with Crippen LogP contribution < -0.4 is 4.90 Å². The summed E-state index contributed by atoms with van der Waals surface area (Å²) in [7, 11) is 0. The molecule has 2 saturated heterocycles. The van der Waals surface area contributed by atoms with E-state index in [-0.39, 0.29) is 18.0 Å². The van der Waals surface area contributed by atoms with Gasteiger partial charge in [0.1, 0.15) is 23.8 Å². The number of anilines is 1. The maximum absolute atomic E-state index is 13.1. The number of aryl methyl sites for hydroxylation is 1. The molecule has 2 aromatic heterocycles. The molecule has 8 nitrogen and oxygen atoms in total. The van der Waals surface area contributed by atoms with Gasteiger partial charge in [-0.1, -0.05) is 34.2 Å². The third kappa shape index (κ3) is 2.56. The Morgan fingerprint density at radius 3 is 2.93 bits per heavy atom. The minimum Gasteiger partial charge on any atom is -0.352 e. The molecule has 0 spiro atoms. The number of fused-ring (bicyclic) bond motifs is 2. The predicted molar refractivity (Wildman–Crippen MR) is 108 cm³/mol. The Balaban J connectivity index is 1.43. The summed E-state index contributed by atoms with van der Waals surface area (Å²) in [4.78, 5) is 43.2. The SMILES string of the molecule is Cc1c[nH]c2ncnc(N3CCN4C(=O)N(C5C=CC=C(Br)C5)C(=O)C4C3)c12. The lowest BCUT2D eigenvalue weighted by Crippen LogP contribution is -2.53. The third-order valence-corrected chi connectivity index (χ3v) is 6.24. The average molecular weight is 443 g/mol. The summed E-state index contributed by atoms with van der Waals surface area (Å²) >= 11 is 3.48. The van der Waals surface area contributed by atoms with Gasteiger partial charge in [-0.15, -0.1) is 0 Å². The van der Waals surface area contributed by atoms with Crippen molar-refractivity contribution in [2.45, 2.75) is 25.4 Å². The number of aromatic amines is 1. The molecule has 2 atom stereocenters. The van der Waals surface area contributed by atoms with E-state index < -0.39 is 6.04 Å². The molecule has 0 radical (unpaired) electrons. The number of rotatable bonds is 2. The van der Waals surface area contributed by atoms with E-state index in [0.717, 1.165) is 26.9 Å². The quantitative estimate of drug-likeness (QED) is 0.721. The molecule has 3 aliphatic rings. The second-order valence-corrected chi connectivity index (χ2v) is 8.33. The van der Waals surface area contributed by atoms with E-state index in [0.29, 0.717) is 26.1 Å². The largest absolute Gasteiger partial charge is 0.352 e. The van der Waals surface area contributed by atoms with Crippen molar-refractivity contribution in [1.29, 1.82) is 0 Å². The second kappa shape index (κ2) is 6.44. The maximum atomic E-state index is 13.1. The van der Waals surface area contributed by atoms with Crippen LogP contribution >= 0.6 is 15.9 Å². The van der Waals surface area contributed by atoms with Gasteiger partial charge in [0.05, 0.1) is 11.4 Å². The molecular weight excluding hydrogens is 424 g/mol. The molecule has 0 saturated carbocycles. The Morgan fingerprint density at radius 2 is 2.11 bits per heavy atom. The van der Waals surface area contributed by atoms with Crippen LogP contribution in [-0.4, -0.2) is 68.4 Å². The normalized spacial score (nSPS) is 24.9. The van der Waals surface area contributed by atoms with Crippen molar-refractivity contribution in [2.24, 2.45) is 0 Å². The van der Waals surface area contributed by atoms with Gasteiger partial charge in [0.2, 0.25) is 0 Å². The highest BCUT2D eigenvalue weighted by Gasteiger charge is 2.50. The maximum Gasteiger partial charge on any atom is 0.328 e. The first-order chi connectivity index (χ1) is 13.5. The Kier molecular flexibility index (Phi) is 4.01. The highest BCUT2D eigenvalue weighted by atomic mass is 79.9. The van der Waals surface area contributed by atoms with E-state index in [2.05, 4.69) is 35.8 Å². The topological polar surface area (TPSA) is 85.4 Å². The molecular formula is C19H19BrN6O2. The zero-order valence-corrected chi connectivity index (χ0v) is 16.9. The Hall–Kier alpha value is -2.68. The molecule has 0 bridgehead atoms. The number of aromatic nitrogens is 3. The number of piperazine rings is 1. The van der Waals surface area contributed by atoms with Crippen molar-refractivity contribution in [2.75, 3.05) is 24.5 Å². The molecule has 9 heteroatoms. The fourth-order valence-corrected chi connectivity index (χ4v) is 4.74. The van der Waals surface area contributed by atoms with E-state index in [1.54, 1.807) is 4.90 Å². The molecule has 144 valence electrons. The lowest BCUT2D eigenvalue weighted by molar-refractivity contribution is -0.129. The van der Waals surface area contributed by atoms with E-state index in [1.807, 2.05) is 31.3 Å². The summed E-state index contributed by atoms with van der Waals surface area (Å²) in [6.07, 6.45) is 9.79. The summed E-state index contributed by atoms with van der Waals surface area (Å²) in [6.45, 7) is 3.57. The van der Waals surface area contributed by atoms with Gasteiger partial charge in [-0.25, -0.2) is 14.8 Å². The molecule has 2 fully saturated rings. The number of hydrogen-bond acceptors (Lipinski definition) is 5. The summed E-state index contributed by atoms with van der Waals surface area (Å²) < 4.78 is 0.985. The van der Waals surface area contributed by atoms with Crippen LogP contribution in [0.5, 0.6) is 0 Å². The predicted octanol–water partition coefficient (Wildman–Crippen LogP) is 2.33. The van der Waals surface area contributed by atoms with Gasteiger partial charge >= 0.3 is 6.03 Å². The smallest absolute Gasteiger partial charge is 0.328 e. The standard InChI is InChI=1S/C19H19BrN6O2/c1-11-8-21-16-15(11)17(23-10-22-16)24-5-6-25-14(9-24)18(27)26(19(25)28)13-4-2-3-12(20)7-13/h2-4,8,10,13-14H,5-7,9H2,1H3,(H,21,22,23). The van der Waals surface area contributed by atoms with Crippen LogP contribution in [0, 0.1) is 6.92 Å². The molecule has 0 aromatic carbocycles. The number of allylic oxidation sites excluding steroid dienone is 2. The highest BCUT2D eigenvalue weighted by Crippen LogP contribution is 2.32. The number of amides is 3. The number of nitrogens with one attached hydrogen (secondary N) is 1. The van der Waals surface area contributed by atoms with Gasteiger partial charge in [-0.05, 0) is 17.0 Å². The van der Waals surface area contributed by atoms with Gasteiger partial charge in [0.25, 0.3) is 5.91 Å². The number of urea groups is 1. The first-order valence-electron chi connectivity index (χ1n) is 9.25. The van der Waals surface area contributed by atoms with E-state index in [4.69, 9.17) is 0 Å². The lowest BCUT2D eigenvalue weighted by Gasteiger charge is -2.36. The zero-order chi connectivity index (χ0) is 19.4. The van der Waals surface area contributed by atoms with Crippen molar-refractivity contribution >= 4 is 44.7 Å². The minimum absolute atomic E-state index is 0.136. The molecule has 28 heavy (non-hydrogen) atoms. The molecule has 1 aliphatic carbocycles. The lowest BCUT2D eigenvalue weighted by atomic mass is 10.1. The average Bonchev–Trinajstić information content (AvgIpc) is 3.19. The third-order valence-electron chi connectivity index (χ3n) is 5.65. The number of carbonyl (C=O) groups excluding carboxylic acids is 2. The second-order valence-electron chi connectivity index (χ2n) is 7.31. The van der Waals surface area contributed by atoms with Crippen LogP contribution in [0.15, 0.2) is 35.2 Å². The van der Waals surface area contributed by atoms with Gasteiger partial charge < -0.3 is 14.8 Å². The van der Waals surface area contributed by atoms with Crippen molar-refractivity contribution in [3.63, 3.8) is 0 Å². The number of halogens is 1. The van der Waals surface area contributed by atoms with E-state index in [9.17, 15) is 9.59 Å². The van der Waals surface area contributed by atoms with Crippen molar-refractivity contribution < 1.29 is 9.59 Å². The molecule has 3 amide bonds. The van der Waals surface area contributed by atoms with Crippen molar-refractivity contribution in [3.8, 4) is 0 Å². The van der Waals surface area contributed by atoms with Gasteiger partial charge in [0, 0.05) is 32.3 Å². The van der Waals surface area contributed by atoms with Crippen LogP contribution in [0.3, 0.4) is 0 Å². The summed E-state index contributed by atoms with van der Waals surface area (Å²) in [5, 5.41) is 0.967. The van der Waals surface area contributed by atoms with Gasteiger partial charge in [-0.2, -0.15) is 0 Å². The molecule has 5 rings (SSSR count). The Labute approximate surface area is 170 Å². The molecule has 2 unspecified atom stereocenters. The molecule has 1 N–H and O–H groups in total. The van der Waals surface area contributed by atoms with Crippen molar-refractivity contribution in [1.82, 2.24) is 24.8 Å². The molecule has 4 heterocycles. The monoisotopic (exact) mass is 442 g/mol. The summed E-state index contributed by atoms with van der Waals surface area (Å²) in [5.74, 6) is 0.674. The molecule has 2 aliphatic heterocycles. The number of nitrogens with zero attached hydrogens (tertiary/aromatic N) is 5. The van der Waals surface area contributed by atoms with E-state index in [1.165, 1.54) is 11.2 Å². The fourth-order valence-electron chi connectivity index (χ4n) is 4.25. The van der Waals surface area contributed by atoms with Crippen LogP contribution in [-0.2, 0) is 4.79 Å². The minimum atomic E-state index is -0.483. The number of H-pyrrole nitrogens is 1.